The second-order valence-corrected chi connectivity index (χ2v) is 4.88. The van der Waals surface area contributed by atoms with Crippen LogP contribution in [0.25, 0.3) is 0 Å². The van der Waals surface area contributed by atoms with Crippen LogP contribution < -0.4 is 15.4 Å². The zero-order chi connectivity index (χ0) is 16.7. The van der Waals surface area contributed by atoms with Gasteiger partial charge in [-0.15, -0.1) is 0 Å². The van der Waals surface area contributed by atoms with E-state index in [1.807, 2.05) is 30.3 Å². The topological polar surface area (TPSA) is 103 Å². The molecule has 0 radical (unpaired) electrons. The summed E-state index contributed by atoms with van der Waals surface area (Å²) in [6.45, 7) is 0.183. The Labute approximate surface area is 134 Å². The first-order chi connectivity index (χ1) is 11.0. The fraction of sp³-hybridized carbons (Fsp3) is 0.333. The van der Waals surface area contributed by atoms with E-state index in [0.717, 1.165) is 0 Å². The molecule has 0 bridgehead atoms. The van der Waals surface area contributed by atoms with Gasteiger partial charge in [-0.05, 0) is 12.1 Å². The minimum Gasteiger partial charge on any atom is -0.493 e. The third-order valence-corrected chi connectivity index (χ3v) is 2.77. The number of anilines is 2. The normalized spacial score (nSPS) is 10.2. The third kappa shape index (κ3) is 5.42. The Bertz CT molecular complexity index is 649. The number of carbonyl (C=O) groups is 1. The number of para-hydroxylation sites is 1. The highest BCUT2D eigenvalue weighted by molar-refractivity contribution is 5.69. The van der Waals surface area contributed by atoms with Crippen LogP contribution in [0.15, 0.2) is 30.3 Å². The van der Waals surface area contributed by atoms with Crippen LogP contribution >= 0.6 is 0 Å². The molecule has 23 heavy (non-hydrogen) atoms. The zero-order valence-corrected chi connectivity index (χ0v) is 13.1. The van der Waals surface area contributed by atoms with Gasteiger partial charge < -0.3 is 20.1 Å². The minimum atomic E-state index is -0.397. The summed E-state index contributed by atoms with van der Waals surface area (Å²) in [4.78, 5) is 25.4. The fourth-order valence-electron chi connectivity index (χ4n) is 1.68. The lowest BCUT2D eigenvalue weighted by molar-refractivity contribution is -0.145. The predicted octanol–water partition coefficient (Wildman–Crippen LogP) is 1.03. The Balaban J connectivity index is 1.78. The summed E-state index contributed by atoms with van der Waals surface area (Å²) in [6, 6.07) is 9.26. The van der Waals surface area contributed by atoms with E-state index in [9.17, 15) is 4.79 Å². The summed E-state index contributed by atoms with van der Waals surface area (Å²) in [5, 5.41) is 0. The van der Waals surface area contributed by atoms with Crippen LogP contribution in [0.3, 0.4) is 0 Å². The van der Waals surface area contributed by atoms with Gasteiger partial charge in [0.1, 0.15) is 5.75 Å². The van der Waals surface area contributed by atoms with Gasteiger partial charge in [-0.25, -0.2) is 0 Å². The molecule has 0 amide bonds. The second-order valence-electron chi connectivity index (χ2n) is 4.88. The Morgan fingerprint density at radius 2 is 1.91 bits per heavy atom. The molecule has 0 atom stereocenters. The number of carbonyl (C=O) groups excluding carboxylic acids is 1. The summed E-state index contributed by atoms with van der Waals surface area (Å²) < 4.78 is 10.5. The average Bonchev–Trinajstić information content (AvgIpc) is 2.53. The van der Waals surface area contributed by atoms with Crippen LogP contribution in [0.5, 0.6) is 5.75 Å². The van der Waals surface area contributed by atoms with E-state index in [1.165, 1.54) is 0 Å². The number of rotatable bonds is 7. The van der Waals surface area contributed by atoms with E-state index in [0.29, 0.717) is 17.5 Å². The maximum Gasteiger partial charge on any atom is 0.309 e. The van der Waals surface area contributed by atoms with Crippen LogP contribution in [0.1, 0.15) is 12.2 Å². The molecule has 2 N–H and O–H groups in total. The summed E-state index contributed by atoms with van der Waals surface area (Å²) in [5.74, 6) is 1.11. The van der Waals surface area contributed by atoms with Crippen molar-refractivity contribution in [2.45, 2.75) is 13.0 Å². The Hall–Kier alpha value is -2.90. The summed E-state index contributed by atoms with van der Waals surface area (Å²) in [5.41, 5.74) is 5.60. The smallest absolute Gasteiger partial charge is 0.309 e. The molecule has 8 heteroatoms. The zero-order valence-electron chi connectivity index (χ0n) is 13.1. The lowest BCUT2D eigenvalue weighted by Gasteiger charge is -2.11. The van der Waals surface area contributed by atoms with Gasteiger partial charge in [0.25, 0.3) is 0 Å². The first-order valence-corrected chi connectivity index (χ1v) is 7.06. The molecule has 0 saturated heterocycles. The molecule has 0 fully saturated rings. The molecule has 2 rings (SSSR count). The quantitative estimate of drug-likeness (QED) is 0.755. The lowest BCUT2D eigenvalue weighted by Crippen LogP contribution is -2.17. The van der Waals surface area contributed by atoms with Crippen molar-refractivity contribution >= 4 is 17.9 Å². The van der Waals surface area contributed by atoms with Gasteiger partial charge in [0.05, 0.1) is 13.0 Å². The van der Waals surface area contributed by atoms with Gasteiger partial charge in [-0.3, -0.25) is 4.79 Å². The van der Waals surface area contributed by atoms with Crippen molar-refractivity contribution in [1.82, 2.24) is 15.0 Å². The number of esters is 1. The van der Waals surface area contributed by atoms with Crippen LogP contribution in [0.4, 0.5) is 11.9 Å². The molecule has 2 aromatic rings. The molecule has 0 aliphatic rings. The minimum absolute atomic E-state index is 0.0578. The largest absolute Gasteiger partial charge is 0.493 e. The summed E-state index contributed by atoms with van der Waals surface area (Å²) in [6.07, 6.45) is 0.135. The number of hydrogen-bond acceptors (Lipinski definition) is 8. The lowest BCUT2D eigenvalue weighted by atomic mass is 10.3. The maximum atomic E-state index is 11.7. The van der Waals surface area contributed by atoms with E-state index < -0.39 is 5.97 Å². The number of nitrogens with zero attached hydrogens (tertiary/aromatic N) is 4. The number of benzene rings is 1. The number of aromatic nitrogens is 3. The Kier molecular flexibility index (Phi) is 5.67. The molecule has 122 valence electrons. The van der Waals surface area contributed by atoms with Crippen molar-refractivity contribution in [2.75, 3.05) is 31.3 Å². The van der Waals surface area contributed by atoms with Gasteiger partial charge in [-0.1, -0.05) is 18.2 Å². The van der Waals surface area contributed by atoms with Crippen LogP contribution in [0.2, 0.25) is 0 Å². The molecule has 1 aromatic heterocycles. The predicted molar refractivity (Wildman–Crippen MR) is 84.9 cm³/mol. The molecular formula is C15H19N5O3. The summed E-state index contributed by atoms with van der Waals surface area (Å²) >= 11 is 0. The van der Waals surface area contributed by atoms with Gasteiger partial charge in [0, 0.05) is 14.1 Å². The van der Waals surface area contributed by atoms with Gasteiger partial charge in [0.2, 0.25) is 11.9 Å². The van der Waals surface area contributed by atoms with Crippen molar-refractivity contribution in [1.29, 1.82) is 0 Å². The highest BCUT2D eigenvalue weighted by Crippen LogP contribution is 2.09. The average molecular weight is 317 g/mol. The first-order valence-electron chi connectivity index (χ1n) is 7.06. The molecule has 0 saturated carbocycles. The summed E-state index contributed by atoms with van der Waals surface area (Å²) in [7, 11) is 3.57. The van der Waals surface area contributed by atoms with Crippen molar-refractivity contribution in [3.63, 3.8) is 0 Å². The van der Waals surface area contributed by atoms with Crippen molar-refractivity contribution < 1.29 is 14.3 Å². The standard InChI is InChI=1S/C15H19N5O3/c1-20(2)15-18-12(17-14(16)19-15)10-23-13(21)8-9-22-11-6-4-3-5-7-11/h3-7H,8-10H2,1-2H3,(H2,16,17,18,19). The molecule has 8 nitrogen and oxygen atoms in total. The SMILES string of the molecule is CN(C)c1nc(N)nc(COC(=O)CCOc2ccccc2)n1. The molecule has 0 aliphatic carbocycles. The Morgan fingerprint density at radius 3 is 2.61 bits per heavy atom. The molecule has 0 aliphatic heterocycles. The molecular weight excluding hydrogens is 298 g/mol. The number of hydrogen-bond donors (Lipinski definition) is 1. The van der Waals surface area contributed by atoms with Crippen LogP contribution in [-0.2, 0) is 16.1 Å². The van der Waals surface area contributed by atoms with E-state index >= 15 is 0 Å². The van der Waals surface area contributed by atoms with Gasteiger partial charge in [-0.2, -0.15) is 15.0 Å². The number of nitrogen functional groups attached to an aromatic ring is 1. The number of ether oxygens (including phenoxy) is 2. The van der Waals surface area contributed by atoms with E-state index in [-0.39, 0.29) is 25.6 Å². The van der Waals surface area contributed by atoms with E-state index in [1.54, 1.807) is 19.0 Å². The Morgan fingerprint density at radius 1 is 1.17 bits per heavy atom. The molecule has 0 spiro atoms. The van der Waals surface area contributed by atoms with Crippen molar-refractivity contribution in [3.05, 3.63) is 36.2 Å². The van der Waals surface area contributed by atoms with Gasteiger partial charge in [0.15, 0.2) is 12.4 Å². The maximum absolute atomic E-state index is 11.7. The first kappa shape index (κ1) is 16.5. The van der Waals surface area contributed by atoms with E-state index in [2.05, 4.69) is 15.0 Å². The van der Waals surface area contributed by atoms with Crippen molar-refractivity contribution in [2.24, 2.45) is 0 Å². The number of nitrogens with two attached hydrogens (primary N) is 1. The van der Waals surface area contributed by atoms with Crippen LogP contribution in [0, 0.1) is 0 Å². The third-order valence-electron chi connectivity index (χ3n) is 2.77. The molecule has 1 aromatic carbocycles. The monoisotopic (exact) mass is 317 g/mol. The second kappa shape index (κ2) is 7.92. The molecule has 1 heterocycles. The van der Waals surface area contributed by atoms with Crippen molar-refractivity contribution in [3.8, 4) is 5.75 Å². The molecule has 0 unspecified atom stereocenters. The highest BCUT2D eigenvalue weighted by atomic mass is 16.5. The van der Waals surface area contributed by atoms with E-state index in [4.69, 9.17) is 15.2 Å². The van der Waals surface area contributed by atoms with Gasteiger partial charge >= 0.3 is 5.97 Å². The fourth-order valence-corrected chi connectivity index (χ4v) is 1.68. The highest BCUT2D eigenvalue weighted by Gasteiger charge is 2.09. The van der Waals surface area contributed by atoms with Crippen LogP contribution in [-0.4, -0.2) is 41.6 Å².